The van der Waals surface area contributed by atoms with E-state index in [1.165, 1.54) is 24.8 Å². The van der Waals surface area contributed by atoms with Gasteiger partial charge in [0, 0.05) is 17.5 Å². The first-order valence-corrected chi connectivity index (χ1v) is 7.22. The summed E-state index contributed by atoms with van der Waals surface area (Å²) in [5.41, 5.74) is 8.09. The number of hydrogen-bond donors (Lipinski definition) is 2. The number of halogens is 1. The van der Waals surface area contributed by atoms with Crippen LogP contribution in [0.15, 0.2) is 12.1 Å². The van der Waals surface area contributed by atoms with Crippen molar-refractivity contribution in [2.45, 2.75) is 50.9 Å². The molecule has 18 heavy (non-hydrogen) atoms. The summed E-state index contributed by atoms with van der Waals surface area (Å²) in [6.45, 7) is 2.69. The predicted molar refractivity (Wildman–Crippen MR) is 76.3 cm³/mol. The molecule has 1 aliphatic rings. The molecule has 1 aromatic carbocycles. The van der Waals surface area contributed by atoms with Gasteiger partial charge in [-0.3, -0.25) is 0 Å². The van der Waals surface area contributed by atoms with Crippen LogP contribution in [0.3, 0.4) is 0 Å². The molecule has 0 bridgehead atoms. The van der Waals surface area contributed by atoms with E-state index in [9.17, 15) is 5.11 Å². The Kier molecular flexibility index (Phi) is 4.18. The average molecular weight is 268 g/mol. The zero-order valence-electron chi connectivity index (χ0n) is 11.0. The molecular weight excluding hydrogens is 246 g/mol. The van der Waals surface area contributed by atoms with Gasteiger partial charge in [0.25, 0.3) is 0 Å². The van der Waals surface area contributed by atoms with Crippen molar-refractivity contribution in [3.63, 3.8) is 0 Å². The topological polar surface area (TPSA) is 46.2 Å². The number of hydrogen-bond acceptors (Lipinski definition) is 2. The summed E-state index contributed by atoms with van der Waals surface area (Å²) in [5, 5.41) is 10.7. The smallest absolute Gasteiger partial charge is 0.137 e. The summed E-state index contributed by atoms with van der Waals surface area (Å²) < 4.78 is 0. The standard InChI is InChI=1S/C15H22ClNO/c1-2-11-8-12(14(18)13(16)9-11)15(10-17)6-4-3-5-7-15/h8-9,18H,2-7,10,17H2,1H3. The Labute approximate surface area is 114 Å². The molecular formula is C15H22ClNO. The predicted octanol–water partition coefficient (Wildman–Crippen LogP) is 3.77. The molecule has 0 radical (unpaired) electrons. The molecule has 0 heterocycles. The van der Waals surface area contributed by atoms with Crippen molar-refractivity contribution in [2.75, 3.05) is 6.54 Å². The minimum absolute atomic E-state index is 0.0723. The zero-order valence-corrected chi connectivity index (χ0v) is 11.8. The molecule has 1 fully saturated rings. The highest BCUT2D eigenvalue weighted by Gasteiger charge is 2.35. The van der Waals surface area contributed by atoms with Crippen molar-refractivity contribution in [3.8, 4) is 5.75 Å². The van der Waals surface area contributed by atoms with Crippen LogP contribution in [0.25, 0.3) is 0 Å². The molecule has 2 rings (SSSR count). The lowest BCUT2D eigenvalue weighted by Gasteiger charge is -2.37. The van der Waals surface area contributed by atoms with E-state index in [2.05, 4.69) is 13.0 Å². The SMILES string of the molecule is CCc1cc(Cl)c(O)c(C2(CN)CCCCC2)c1. The molecule has 0 saturated heterocycles. The molecule has 0 spiro atoms. The molecule has 0 atom stereocenters. The molecule has 0 aromatic heterocycles. The minimum Gasteiger partial charge on any atom is -0.506 e. The minimum atomic E-state index is -0.0723. The van der Waals surface area contributed by atoms with Crippen LogP contribution < -0.4 is 5.73 Å². The largest absolute Gasteiger partial charge is 0.506 e. The Morgan fingerprint density at radius 1 is 1.28 bits per heavy atom. The Bertz CT molecular complexity index is 425. The van der Waals surface area contributed by atoms with Crippen molar-refractivity contribution in [1.82, 2.24) is 0 Å². The first-order chi connectivity index (χ1) is 8.63. The van der Waals surface area contributed by atoms with Crippen LogP contribution in [0.4, 0.5) is 0 Å². The third-order valence-corrected chi connectivity index (χ3v) is 4.59. The maximum atomic E-state index is 10.3. The highest BCUT2D eigenvalue weighted by molar-refractivity contribution is 6.32. The van der Waals surface area contributed by atoms with E-state index in [1.54, 1.807) is 0 Å². The zero-order chi connectivity index (χ0) is 13.2. The molecule has 100 valence electrons. The number of nitrogens with two attached hydrogens (primary N) is 1. The lowest BCUT2D eigenvalue weighted by molar-refractivity contribution is 0.290. The van der Waals surface area contributed by atoms with Gasteiger partial charge in [-0.1, -0.05) is 43.9 Å². The highest BCUT2D eigenvalue weighted by Crippen LogP contribution is 2.45. The number of aryl methyl sites for hydroxylation is 1. The van der Waals surface area contributed by atoms with Crippen LogP contribution >= 0.6 is 11.6 Å². The third kappa shape index (κ3) is 2.36. The summed E-state index contributed by atoms with van der Waals surface area (Å²) in [4.78, 5) is 0. The average Bonchev–Trinajstić information content (AvgIpc) is 2.42. The fourth-order valence-corrected chi connectivity index (χ4v) is 3.32. The molecule has 1 aromatic rings. The fraction of sp³-hybridized carbons (Fsp3) is 0.600. The maximum Gasteiger partial charge on any atom is 0.137 e. The lowest BCUT2D eigenvalue weighted by Crippen LogP contribution is -2.37. The summed E-state index contributed by atoms with van der Waals surface area (Å²) in [5.74, 6) is 0.237. The van der Waals surface area contributed by atoms with E-state index in [4.69, 9.17) is 17.3 Å². The van der Waals surface area contributed by atoms with E-state index < -0.39 is 0 Å². The second kappa shape index (κ2) is 5.50. The number of rotatable bonds is 3. The van der Waals surface area contributed by atoms with Gasteiger partial charge in [0.1, 0.15) is 5.75 Å². The number of benzene rings is 1. The lowest BCUT2D eigenvalue weighted by atomic mass is 9.69. The van der Waals surface area contributed by atoms with E-state index in [0.717, 1.165) is 24.8 Å². The van der Waals surface area contributed by atoms with Crippen molar-refractivity contribution in [2.24, 2.45) is 5.73 Å². The van der Waals surface area contributed by atoms with Gasteiger partial charge in [-0.15, -0.1) is 0 Å². The fourth-order valence-electron chi connectivity index (χ4n) is 3.08. The Hall–Kier alpha value is -0.730. The summed E-state index contributed by atoms with van der Waals surface area (Å²) in [6.07, 6.45) is 6.67. The quantitative estimate of drug-likeness (QED) is 0.876. The van der Waals surface area contributed by atoms with Crippen LogP contribution in [0, 0.1) is 0 Å². The number of aromatic hydroxyl groups is 1. The monoisotopic (exact) mass is 267 g/mol. The van der Waals surface area contributed by atoms with Crippen molar-refractivity contribution >= 4 is 11.6 Å². The van der Waals surface area contributed by atoms with Crippen LogP contribution in [0.1, 0.15) is 50.2 Å². The highest BCUT2D eigenvalue weighted by atomic mass is 35.5. The van der Waals surface area contributed by atoms with E-state index >= 15 is 0 Å². The maximum absolute atomic E-state index is 10.3. The summed E-state index contributed by atoms with van der Waals surface area (Å²) in [7, 11) is 0. The molecule has 1 aliphatic carbocycles. The number of phenolic OH excluding ortho intramolecular Hbond substituents is 1. The van der Waals surface area contributed by atoms with E-state index in [0.29, 0.717) is 11.6 Å². The molecule has 3 heteroatoms. The summed E-state index contributed by atoms with van der Waals surface area (Å²) >= 11 is 6.15. The Morgan fingerprint density at radius 2 is 1.94 bits per heavy atom. The van der Waals surface area contributed by atoms with Gasteiger partial charge in [-0.05, 0) is 30.9 Å². The summed E-state index contributed by atoms with van der Waals surface area (Å²) in [6, 6.07) is 3.95. The second-order valence-electron chi connectivity index (χ2n) is 5.37. The molecule has 3 N–H and O–H groups in total. The van der Waals surface area contributed by atoms with E-state index in [1.807, 2.05) is 6.07 Å². The Balaban J connectivity index is 2.50. The third-order valence-electron chi connectivity index (χ3n) is 4.30. The number of phenols is 1. The normalized spacial score (nSPS) is 18.8. The van der Waals surface area contributed by atoms with Gasteiger partial charge >= 0.3 is 0 Å². The van der Waals surface area contributed by atoms with Crippen LogP contribution in [-0.4, -0.2) is 11.7 Å². The van der Waals surface area contributed by atoms with Gasteiger partial charge in [-0.2, -0.15) is 0 Å². The van der Waals surface area contributed by atoms with Crippen LogP contribution in [-0.2, 0) is 11.8 Å². The van der Waals surface area contributed by atoms with Gasteiger partial charge in [-0.25, -0.2) is 0 Å². The van der Waals surface area contributed by atoms with Crippen molar-refractivity contribution in [3.05, 3.63) is 28.3 Å². The van der Waals surface area contributed by atoms with E-state index in [-0.39, 0.29) is 11.2 Å². The van der Waals surface area contributed by atoms with Gasteiger partial charge < -0.3 is 10.8 Å². The molecule has 0 aliphatic heterocycles. The molecule has 0 unspecified atom stereocenters. The molecule has 2 nitrogen and oxygen atoms in total. The first kappa shape index (κ1) is 13.7. The molecule has 1 saturated carbocycles. The van der Waals surface area contributed by atoms with Crippen LogP contribution in [0.2, 0.25) is 5.02 Å². The second-order valence-corrected chi connectivity index (χ2v) is 5.78. The van der Waals surface area contributed by atoms with Gasteiger partial charge in [0.05, 0.1) is 5.02 Å². The van der Waals surface area contributed by atoms with Crippen molar-refractivity contribution in [1.29, 1.82) is 0 Å². The van der Waals surface area contributed by atoms with Gasteiger partial charge in [0.2, 0.25) is 0 Å². The van der Waals surface area contributed by atoms with Crippen molar-refractivity contribution < 1.29 is 5.11 Å². The molecule has 0 amide bonds. The Morgan fingerprint density at radius 3 is 2.50 bits per heavy atom. The van der Waals surface area contributed by atoms with Gasteiger partial charge in [0.15, 0.2) is 0 Å². The van der Waals surface area contributed by atoms with Crippen LogP contribution in [0.5, 0.6) is 5.75 Å². The first-order valence-electron chi connectivity index (χ1n) is 6.85.